The smallest absolute Gasteiger partial charge is 0.251 e. The average Bonchev–Trinajstić information content (AvgIpc) is 3.19. The lowest BCUT2D eigenvalue weighted by molar-refractivity contribution is 0.0932. The van der Waals surface area contributed by atoms with Crippen LogP contribution < -0.4 is 14.8 Å². The minimum Gasteiger partial charge on any atom is -0.497 e. The number of benzene rings is 3. The normalized spacial score (nSPS) is 14.5. The molecule has 30 heavy (non-hydrogen) atoms. The third-order valence-corrected chi connectivity index (χ3v) is 5.24. The molecule has 1 heterocycles. The van der Waals surface area contributed by atoms with Crippen LogP contribution in [0.2, 0.25) is 0 Å². The van der Waals surface area contributed by atoms with Gasteiger partial charge in [0, 0.05) is 17.5 Å². The number of Topliss-reactive ketones (excluding diaryl/α,β-unsaturated/α-hetero) is 1. The van der Waals surface area contributed by atoms with Crippen LogP contribution in [0.15, 0.2) is 66.7 Å². The fraction of sp³-hybridized carbons (Fsp3) is 0.200. The Morgan fingerprint density at radius 2 is 1.90 bits per heavy atom. The van der Waals surface area contributed by atoms with Crippen molar-refractivity contribution >= 4 is 11.7 Å². The van der Waals surface area contributed by atoms with E-state index in [2.05, 4.69) is 11.4 Å². The highest BCUT2D eigenvalue weighted by Gasteiger charge is 2.24. The van der Waals surface area contributed by atoms with Crippen molar-refractivity contribution in [2.45, 2.75) is 19.4 Å². The summed E-state index contributed by atoms with van der Waals surface area (Å²) in [4.78, 5) is 24.4. The molecule has 1 aliphatic rings. The standard InChI is InChI=1S/C25H23NO4/c1-16(27)22-8-3-4-9-23(22)17-10-11-24-19(12-17)14-21(30-24)15-26-25(28)18-6-5-7-20(13-18)29-2/h3-13,21H,14-15H2,1-2H3,(H,26,28)/t21-/m0/s1. The molecule has 0 saturated carbocycles. The van der Waals surface area contributed by atoms with Gasteiger partial charge in [0.05, 0.1) is 13.7 Å². The Hall–Kier alpha value is -3.60. The lowest BCUT2D eigenvalue weighted by Crippen LogP contribution is -2.34. The van der Waals surface area contributed by atoms with E-state index in [1.165, 1.54) is 0 Å². The highest BCUT2D eigenvalue weighted by atomic mass is 16.5. The number of ether oxygens (including phenoxy) is 2. The van der Waals surface area contributed by atoms with Crippen LogP contribution in [-0.4, -0.2) is 31.4 Å². The van der Waals surface area contributed by atoms with E-state index in [1.807, 2.05) is 36.4 Å². The van der Waals surface area contributed by atoms with E-state index < -0.39 is 0 Å². The maximum atomic E-state index is 12.4. The number of hydrogen-bond donors (Lipinski definition) is 1. The van der Waals surface area contributed by atoms with Crippen LogP contribution in [-0.2, 0) is 6.42 Å². The molecule has 0 aromatic heterocycles. The molecule has 0 radical (unpaired) electrons. The van der Waals surface area contributed by atoms with Gasteiger partial charge in [0.25, 0.3) is 5.91 Å². The van der Waals surface area contributed by atoms with E-state index in [-0.39, 0.29) is 17.8 Å². The molecule has 0 fully saturated rings. The van der Waals surface area contributed by atoms with Crippen LogP contribution in [0.25, 0.3) is 11.1 Å². The van der Waals surface area contributed by atoms with Crippen molar-refractivity contribution in [1.29, 1.82) is 0 Å². The molecule has 152 valence electrons. The molecule has 1 amide bonds. The SMILES string of the molecule is COc1cccc(C(=O)NC[C@@H]2Cc3cc(-c4ccccc4C(C)=O)ccc3O2)c1. The van der Waals surface area contributed by atoms with Crippen LogP contribution in [0.5, 0.6) is 11.5 Å². The van der Waals surface area contributed by atoms with Gasteiger partial charge < -0.3 is 14.8 Å². The summed E-state index contributed by atoms with van der Waals surface area (Å²) in [6, 6.07) is 20.6. The minimum atomic E-state index is -0.162. The van der Waals surface area contributed by atoms with Gasteiger partial charge in [-0.15, -0.1) is 0 Å². The van der Waals surface area contributed by atoms with Crippen molar-refractivity contribution in [2.75, 3.05) is 13.7 Å². The maximum Gasteiger partial charge on any atom is 0.251 e. The Morgan fingerprint density at radius 1 is 1.07 bits per heavy atom. The molecule has 3 aromatic rings. The second-order valence-electron chi connectivity index (χ2n) is 7.31. The zero-order chi connectivity index (χ0) is 21.1. The summed E-state index contributed by atoms with van der Waals surface area (Å²) >= 11 is 0. The first-order valence-electron chi connectivity index (χ1n) is 9.87. The maximum absolute atomic E-state index is 12.4. The molecule has 0 unspecified atom stereocenters. The van der Waals surface area contributed by atoms with E-state index in [4.69, 9.17) is 9.47 Å². The van der Waals surface area contributed by atoms with Gasteiger partial charge in [-0.2, -0.15) is 0 Å². The van der Waals surface area contributed by atoms with Gasteiger partial charge in [-0.25, -0.2) is 0 Å². The van der Waals surface area contributed by atoms with Crippen molar-refractivity contribution in [3.63, 3.8) is 0 Å². The van der Waals surface area contributed by atoms with Crippen LogP contribution >= 0.6 is 0 Å². The number of amides is 1. The van der Waals surface area contributed by atoms with Gasteiger partial charge in [0.2, 0.25) is 0 Å². The van der Waals surface area contributed by atoms with Gasteiger partial charge in [-0.3, -0.25) is 9.59 Å². The number of hydrogen-bond acceptors (Lipinski definition) is 4. The summed E-state index contributed by atoms with van der Waals surface area (Å²) in [5.74, 6) is 1.34. The van der Waals surface area contributed by atoms with E-state index in [0.29, 0.717) is 29.8 Å². The van der Waals surface area contributed by atoms with Gasteiger partial charge in [-0.1, -0.05) is 36.4 Å². The molecule has 1 aliphatic heterocycles. The third kappa shape index (κ3) is 4.06. The highest BCUT2D eigenvalue weighted by molar-refractivity contribution is 6.00. The van der Waals surface area contributed by atoms with Crippen LogP contribution in [0.1, 0.15) is 33.2 Å². The Balaban J connectivity index is 1.44. The van der Waals surface area contributed by atoms with Gasteiger partial charge in [0.15, 0.2) is 5.78 Å². The lowest BCUT2D eigenvalue weighted by atomic mass is 9.95. The molecule has 0 saturated heterocycles. The van der Waals surface area contributed by atoms with E-state index in [1.54, 1.807) is 38.3 Å². The highest BCUT2D eigenvalue weighted by Crippen LogP contribution is 2.34. The molecular formula is C25H23NO4. The molecular weight excluding hydrogens is 378 g/mol. The van der Waals surface area contributed by atoms with Crippen molar-refractivity contribution < 1.29 is 19.1 Å². The Morgan fingerprint density at radius 3 is 2.70 bits per heavy atom. The van der Waals surface area contributed by atoms with Crippen molar-refractivity contribution in [1.82, 2.24) is 5.32 Å². The molecule has 1 atom stereocenters. The van der Waals surface area contributed by atoms with Gasteiger partial charge in [0.1, 0.15) is 17.6 Å². The van der Waals surface area contributed by atoms with Crippen LogP contribution in [0.3, 0.4) is 0 Å². The number of fused-ring (bicyclic) bond motifs is 1. The number of carbonyl (C=O) groups is 2. The van der Waals surface area contributed by atoms with Gasteiger partial charge >= 0.3 is 0 Å². The number of methoxy groups -OCH3 is 1. The summed E-state index contributed by atoms with van der Waals surface area (Å²) in [5, 5.41) is 2.93. The zero-order valence-corrected chi connectivity index (χ0v) is 17.0. The molecule has 3 aromatic carbocycles. The zero-order valence-electron chi connectivity index (χ0n) is 17.0. The monoisotopic (exact) mass is 401 g/mol. The molecule has 0 bridgehead atoms. The number of rotatable bonds is 6. The Bertz CT molecular complexity index is 1110. The minimum absolute atomic E-state index is 0.0421. The summed E-state index contributed by atoms with van der Waals surface area (Å²) < 4.78 is 11.2. The summed E-state index contributed by atoms with van der Waals surface area (Å²) in [6.07, 6.45) is 0.567. The Labute approximate surface area is 175 Å². The first-order valence-corrected chi connectivity index (χ1v) is 9.87. The molecule has 0 spiro atoms. The van der Waals surface area contributed by atoms with E-state index in [9.17, 15) is 9.59 Å². The second-order valence-corrected chi connectivity index (χ2v) is 7.31. The lowest BCUT2D eigenvalue weighted by Gasteiger charge is -2.12. The Kier molecular flexibility index (Phi) is 5.53. The quantitative estimate of drug-likeness (QED) is 0.626. The average molecular weight is 401 g/mol. The predicted octanol–water partition coefficient (Wildman–Crippen LogP) is 4.30. The van der Waals surface area contributed by atoms with Crippen molar-refractivity contribution in [2.24, 2.45) is 0 Å². The van der Waals surface area contributed by atoms with E-state index >= 15 is 0 Å². The molecule has 5 heteroatoms. The summed E-state index contributed by atoms with van der Waals surface area (Å²) in [6.45, 7) is 1.99. The third-order valence-electron chi connectivity index (χ3n) is 5.24. The first kappa shape index (κ1) is 19.7. The van der Waals surface area contributed by atoms with Crippen LogP contribution in [0.4, 0.5) is 0 Å². The fourth-order valence-corrected chi connectivity index (χ4v) is 3.72. The number of carbonyl (C=O) groups excluding carboxylic acids is 2. The summed E-state index contributed by atoms with van der Waals surface area (Å²) in [5.41, 5.74) is 4.24. The van der Waals surface area contributed by atoms with Crippen molar-refractivity contribution in [3.05, 3.63) is 83.4 Å². The molecule has 0 aliphatic carbocycles. The first-order chi connectivity index (χ1) is 14.5. The topological polar surface area (TPSA) is 64.6 Å². The molecule has 5 nitrogen and oxygen atoms in total. The van der Waals surface area contributed by atoms with Crippen LogP contribution in [0, 0.1) is 0 Å². The van der Waals surface area contributed by atoms with Crippen molar-refractivity contribution in [3.8, 4) is 22.6 Å². The fourth-order valence-electron chi connectivity index (χ4n) is 3.72. The molecule has 1 N–H and O–H groups in total. The van der Waals surface area contributed by atoms with E-state index in [0.717, 1.165) is 22.4 Å². The molecule has 4 rings (SSSR count). The largest absolute Gasteiger partial charge is 0.497 e. The predicted molar refractivity (Wildman–Crippen MR) is 115 cm³/mol. The number of ketones is 1. The second kappa shape index (κ2) is 8.41. The number of nitrogens with one attached hydrogen (secondary N) is 1. The summed E-state index contributed by atoms with van der Waals surface area (Å²) in [7, 11) is 1.57. The van der Waals surface area contributed by atoms with Gasteiger partial charge in [-0.05, 0) is 53.9 Å².